The van der Waals surface area contributed by atoms with E-state index in [1.165, 1.54) is 6.08 Å². The van der Waals surface area contributed by atoms with Gasteiger partial charge in [-0.3, -0.25) is 4.79 Å². The first kappa shape index (κ1) is 19.0. The van der Waals surface area contributed by atoms with Crippen molar-refractivity contribution in [1.29, 1.82) is 0 Å². The van der Waals surface area contributed by atoms with E-state index in [1.807, 2.05) is 0 Å². The summed E-state index contributed by atoms with van der Waals surface area (Å²) in [6.45, 7) is 2.08. The number of benzene rings is 2. The van der Waals surface area contributed by atoms with Gasteiger partial charge in [0, 0.05) is 27.7 Å². The first-order valence-corrected chi connectivity index (χ1v) is 8.96. The third-order valence-electron chi connectivity index (χ3n) is 3.79. The highest BCUT2D eigenvalue weighted by molar-refractivity contribution is 6.40. The summed E-state index contributed by atoms with van der Waals surface area (Å²) < 4.78 is 4.83. The Labute approximate surface area is 165 Å². The van der Waals surface area contributed by atoms with Crippen LogP contribution in [0.4, 0.5) is 5.69 Å². The zero-order chi connectivity index (χ0) is 19.4. The van der Waals surface area contributed by atoms with Crippen LogP contribution in [0.5, 0.6) is 0 Å². The standard InChI is InChI=1S/C20H16Cl2N2O3/c1-2-27-17(25)10-5-12-3-7-14(8-4-12)23-20(26)19-18(22)15-11-13(21)6-9-16(15)24-19/h3-11,24H,2H2,1H3,(H,23,26)/b10-5+. The van der Waals surface area contributed by atoms with Gasteiger partial charge < -0.3 is 15.0 Å². The molecule has 0 spiro atoms. The molecule has 1 heterocycles. The topological polar surface area (TPSA) is 71.2 Å². The van der Waals surface area contributed by atoms with Crippen molar-refractivity contribution < 1.29 is 14.3 Å². The van der Waals surface area contributed by atoms with E-state index in [9.17, 15) is 9.59 Å². The van der Waals surface area contributed by atoms with Crippen LogP contribution in [0, 0.1) is 0 Å². The Morgan fingerprint density at radius 1 is 1.15 bits per heavy atom. The first-order valence-electron chi connectivity index (χ1n) is 8.21. The van der Waals surface area contributed by atoms with Gasteiger partial charge in [-0.2, -0.15) is 0 Å². The van der Waals surface area contributed by atoms with E-state index in [4.69, 9.17) is 27.9 Å². The predicted molar refractivity (Wildman–Crippen MR) is 108 cm³/mol. The Balaban J connectivity index is 1.73. The molecule has 1 aromatic heterocycles. The molecule has 27 heavy (non-hydrogen) atoms. The Morgan fingerprint density at radius 2 is 1.89 bits per heavy atom. The fourth-order valence-electron chi connectivity index (χ4n) is 2.51. The van der Waals surface area contributed by atoms with Gasteiger partial charge in [0.1, 0.15) is 5.69 Å². The molecule has 138 valence electrons. The summed E-state index contributed by atoms with van der Waals surface area (Å²) in [6, 6.07) is 12.2. The molecule has 0 fully saturated rings. The van der Waals surface area contributed by atoms with Crippen LogP contribution < -0.4 is 5.32 Å². The van der Waals surface area contributed by atoms with Crippen LogP contribution >= 0.6 is 23.2 Å². The van der Waals surface area contributed by atoms with Crippen molar-refractivity contribution in [2.24, 2.45) is 0 Å². The number of aromatic amines is 1. The van der Waals surface area contributed by atoms with Crippen LogP contribution in [0.1, 0.15) is 23.0 Å². The normalized spacial score (nSPS) is 11.1. The predicted octanol–water partition coefficient (Wildman–Crippen LogP) is 5.30. The summed E-state index contributed by atoms with van der Waals surface area (Å²) in [7, 11) is 0. The molecule has 1 amide bonds. The monoisotopic (exact) mass is 402 g/mol. The molecule has 5 nitrogen and oxygen atoms in total. The van der Waals surface area contributed by atoms with Gasteiger partial charge in [0.2, 0.25) is 0 Å². The minimum absolute atomic E-state index is 0.264. The molecule has 0 saturated carbocycles. The molecule has 3 aromatic rings. The van der Waals surface area contributed by atoms with Gasteiger partial charge in [0.05, 0.1) is 11.6 Å². The van der Waals surface area contributed by atoms with Crippen LogP contribution in [-0.4, -0.2) is 23.5 Å². The largest absolute Gasteiger partial charge is 0.463 e. The lowest BCUT2D eigenvalue weighted by Crippen LogP contribution is -2.12. The Morgan fingerprint density at radius 3 is 2.59 bits per heavy atom. The molecule has 0 aliphatic heterocycles. The first-order chi connectivity index (χ1) is 13.0. The van der Waals surface area contributed by atoms with Crippen molar-refractivity contribution in [3.8, 4) is 0 Å². The maximum atomic E-state index is 12.5. The van der Waals surface area contributed by atoms with Crippen LogP contribution in [-0.2, 0) is 9.53 Å². The molecule has 3 rings (SSSR count). The summed E-state index contributed by atoms with van der Waals surface area (Å²) in [5.41, 5.74) is 2.40. The molecule has 0 atom stereocenters. The number of carbonyl (C=O) groups is 2. The summed E-state index contributed by atoms with van der Waals surface area (Å²) in [4.78, 5) is 26.9. The second-order valence-electron chi connectivity index (χ2n) is 5.67. The van der Waals surface area contributed by atoms with E-state index in [0.717, 1.165) is 11.1 Å². The van der Waals surface area contributed by atoms with Crippen molar-refractivity contribution in [2.75, 3.05) is 11.9 Å². The number of aromatic nitrogens is 1. The molecule has 7 heteroatoms. The molecule has 0 aliphatic carbocycles. The second-order valence-corrected chi connectivity index (χ2v) is 6.48. The number of hydrogen-bond donors (Lipinski definition) is 2. The number of esters is 1. The average molecular weight is 403 g/mol. The molecule has 0 saturated heterocycles. The van der Waals surface area contributed by atoms with Crippen LogP contribution in [0.15, 0.2) is 48.5 Å². The number of H-pyrrole nitrogens is 1. The smallest absolute Gasteiger partial charge is 0.330 e. The maximum Gasteiger partial charge on any atom is 0.330 e. The van der Waals surface area contributed by atoms with Crippen LogP contribution in [0.2, 0.25) is 10.0 Å². The molecular weight excluding hydrogens is 387 g/mol. The van der Waals surface area contributed by atoms with E-state index >= 15 is 0 Å². The average Bonchev–Trinajstić information content (AvgIpc) is 2.98. The van der Waals surface area contributed by atoms with Crippen LogP contribution in [0.3, 0.4) is 0 Å². The fourth-order valence-corrected chi connectivity index (χ4v) is 2.98. The van der Waals surface area contributed by atoms with Gasteiger partial charge >= 0.3 is 5.97 Å². The van der Waals surface area contributed by atoms with Crippen LogP contribution in [0.25, 0.3) is 17.0 Å². The summed E-state index contributed by atoms with van der Waals surface area (Å²) in [6.07, 6.45) is 2.99. The van der Waals surface area contributed by atoms with Gasteiger partial charge in [0.15, 0.2) is 0 Å². The highest BCUT2D eigenvalue weighted by atomic mass is 35.5. The number of carbonyl (C=O) groups excluding carboxylic acids is 2. The highest BCUT2D eigenvalue weighted by Gasteiger charge is 2.16. The number of fused-ring (bicyclic) bond motifs is 1. The number of hydrogen-bond acceptors (Lipinski definition) is 3. The second kappa shape index (κ2) is 8.29. The lowest BCUT2D eigenvalue weighted by atomic mass is 10.2. The number of nitrogens with one attached hydrogen (secondary N) is 2. The number of amides is 1. The zero-order valence-corrected chi connectivity index (χ0v) is 15.9. The van der Waals surface area contributed by atoms with Crippen molar-refractivity contribution in [1.82, 2.24) is 4.98 Å². The summed E-state index contributed by atoms with van der Waals surface area (Å²) in [5.74, 6) is -0.759. The van der Waals surface area contributed by atoms with Crippen molar-refractivity contribution in [2.45, 2.75) is 6.92 Å². The number of rotatable bonds is 5. The molecule has 0 bridgehead atoms. The Kier molecular flexibility index (Phi) is 5.84. The third kappa shape index (κ3) is 4.51. The molecule has 2 N–H and O–H groups in total. The summed E-state index contributed by atoms with van der Waals surface area (Å²) in [5, 5.41) is 4.33. The third-order valence-corrected chi connectivity index (χ3v) is 4.42. The lowest BCUT2D eigenvalue weighted by Gasteiger charge is -2.05. The van der Waals surface area contributed by atoms with Gasteiger partial charge in [-0.15, -0.1) is 0 Å². The van der Waals surface area contributed by atoms with Crippen molar-refractivity contribution in [3.63, 3.8) is 0 Å². The number of anilines is 1. The molecule has 2 aromatic carbocycles. The Bertz CT molecular complexity index is 1020. The molecule has 0 unspecified atom stereocenters. The van der Waals surface area contributed by atoms with Gasteiger partial charge in [-0.1, -0.05) is 35.3 Å². The fraction of sp³-hybridized carbons (Fsp3) is 0.100. The minimum atomic E-state index is -0.400. The lowest BCUT2D eigenvalue weighted by molar-refractivity contribution is -0.137. The van der Waals surface area contributed by atoms with Gasteiger partial charge in [-0.05, 0) is 48.9 Å². The Hall–Kier alpha value is -2.76. The van der Waals surface area contributed by atoms with E-state index in [0.29, 0.717) is 27.7 Å². The van der Waals surface area contributed by atoms with E-state index < -0.39 is 5.97 Å². The number of ether oxygens (including phenoxy) is 1. The molecule has 0 aliphatic rings. The summed E-state index contributed by atoms with van der Waals surface area (Å²) >= 11 is 12.3. The SMILES string of the molecule is CCOC(=O)/C=C/c1ccc(NC(=O)c2[nH]c3ccc(Cl)cc3c2Cl)cc1. The molecule has 0 radical (unpaired) electrons. The minimum Gasteiger partial charge on any atom is -0.463 e. The highest BCUT2D eigenvalue weighted by Crippen LogP contribution is 2.30. The van der Waals surface area contributed by atoms with E-state index in [-0.39, 0.29) is 11.6 Å². The van der Waals surface area contributed by atoms with Crippen molar-refractivity contribution >= 4 is 57.7 Å². The van der Waals surface area contributed by atoms with Gasteiger partial charge in [0.25, 0.3) is 5.91 Å². The zero-order valence-electron chi connectivity index (χ0n) is 14.4. The molecular formula is C20H16Cl2N2O3. The van der Waals surface area contributed by atoms with E-state index in [1.54, 1.807) is 55.5 Å². The number of halogens is 2. The van der Waals surface area contributed by atoms with Crippen molar-refractivity contribution in [3.05, 3.63) is 69.8 Å². The van der Waals surface area contributed by atoms with Gasteiger partial charge in [-0.25, -0.2) is 4.79 Å². The quantitative estimate of drug-likeness (QED) is 0.448. The maximum absolute atomic E-state index is 12.5. The van der Waals surface area contributed by atoms with E-state index in [2.05, 4.69) is 10.3 Å².